The molecule has 0 fully saturated rings. The third-order valence-electron chi connectivity index (χ3n) is 5.53. The summed E-state index contributed by atoms with van der Waals surface area (Å²) in [5.74, 6) is 0.132. The maximum atomic E-state index is 13.4. The van der Waals surface area contributed by atoms with Gasteiger partial charge in [0.05, 0.1) is 6.54 Å². The first-order valence-corrected chi connectivity index (χ1v) is 13.3. The summed E-state index contributed by atoms with van der Waals surface area (Å²) >= 11 is 0. The molecule has 0 aliphatic carbocycles. The highest BCUT2D eigenvalue weighted by molar-refractivity contribution is 7.92. The second-order valence-corrected chi connectivity index (χ2v) is 10.7. The third kappa shape index (κ3) is 5.83. The monoisotopic (exact) mass is 489 g/mol. The van der Waals surface area contributed by atoms with Crippen LogP contribution in [0.2, 0.25) is 0 Å². The Labute approximate surface area is 200 Å². The Bertz CT molecular complexity index is 1280. The fourth-order valence-electron chi connectivity index (χ4n) is 3.66. The quantitative estimate of drug-likeness (QED) is 0.295. The van der Waals surface area contributed by atoms with Gasteiger partial charge < -0.3 is 10.5 Å². The Kier molecular flexibility index (Phi) is 8.45. The van der Waals surface area contributed by atoms with E-state index in [1.807, 2.05) is 50.1 Å². The van der Waals surface area contributed by atoms with E-state index >= 15 is 0 Å². The maximum absolute atomic E-state index is 13.4. The number of hydrogen-bond acceptors (Lipinski definition) is 8. The number of aryl methyl sites for hydroxylation is 1. The Hall–Kier alpha value is -2.76. The minimum atomic E-state index is -3.22. The number of benzene rings is 1. The van der Waals surface area contributed by atoms with Gasteiger partial charge in [0.1, 0.15) is 28.7 Å². The summed E-state index contributed by atoms with van der Waals surface area (Å²) in [6.45, 7) is 7.44. The zero-order chi connectivity index (χ0) is 24.9. The molecule has 0 amide bonds. The number of nitrogens with one attached hydrogen (secondary N) is 1. The highest BCUT2D eigenvalue weighted by Crippen LogP contribution is 2.21. The molecule has 0 aliphatic heterocycles. The van der Waals surface area contributed by atoms with Gasteiger partial charge >= 0.3 is 5.69 Å². The fourth-order valence-corrected chi connectivity index (χ4v) is 4.90. The second-order valence-electron chi connectivity index (χ2n) is 8.62. The SMILES string of the molecule is CCCCN(C)COCn1c(=O)n(Cc2ccc(C)cc2)c2nc(S(=N)(=O)CCC)nc(N)c21. The minimum absolute atomic E-state index is 0.0128. The molecule has 186 valence electrons. The summed E-state index contributed by atoms with van der Waals surface area (Å²) in [5.41, 5.74) is 8.49. The summed E-state index contributed by atoms with van der Waals surface area (Å²) in [6.07, 6.45) is 2.69. The van der Waals surface area contributed by atoms with Gasteiger partial charge in [0, 0.05) is 5.75 Å². The lowest BCUT2D eigenvalue weighted by Gasteiger charge is -2.16. The molecule has 34 heavy (non-hydrogen) atoms. The van der Waals surface area contributed by atoms with Crippen LogP contribution in [0.5, 0.6) is 0 Å². The summed E-state index contributed by atoms with van der Waals surface area (Å²) in [6, 6.07) is 7.84. The number of nitrogen functional groups attached to an aromatic ring is 1. The van der Waals surface area contributed by atoms with E-state index in [1.54, 1.807) is 0 Å². The van der Waals surface area contributed by atoms with Crippen molar-refractivity contribution >= 4 is 26.7 Å². The number of anilines is 1. The maximum Gasteiger partial charge on any atom is 0.332 e. The van der Waals surface area contributed by atoms with Crippen LogP contribution in [0.25, 0.3) is 11.2 Å². The van der Waals surface area contributed by atoms with Gasteiger partial charge in [-0.3, -0.25) is 14.0 Å². The number of nitrogens with two attached hydrogens (primary N) is 1. The predicted octanol–water partition coefficient (Wildman–Crippen LogP) is 3.01. The second kappa shape index (κ2) is 11.1. The molecule has 11 heteroatoms. The Morgan fingerprint density at radius 1 is 1.15 bits per heavy atom. The first kappa shape index (κ1) is 25.9. The average molecular weight is 490 g/mol. The van der Waals surface area contributed by atoms with Crippen LogP contribution in [0.15, 0.2) is 34.2 Å². The van der Waals surface area contributed by atoms with Crippen molar-refractivity contribution in [2.45, 2.75) is 58.5 Å². The first-order chi connectivity index (χ1) is 16.2. The largest absolute Gasteiger partial charge is 0.382 e. The van der Waals surface area contributed by atoms with Crippen molar-refractivity contribution in [2.24, 2.45) is 0 Å². The normalized spacial score (nSPS) is 13.6. The van der Waals surface area contributed by atoms with E-state index < -0.39 is 9.73 Å². The average Bonchev–Trinajstić information content (AvgIpc) is 3.05. The summed E-state index contributed by atoms with van der Waals surface area (Å²) in [4.78, 5) is 24.1. The van der Waals surface area contributed by atoms with Gasteiger partial charge in [-0.05, 0) is 38.9 Å². The van der Waals surface area contributed by atoms with Crippen molar-refractivity contribution in [2.75, 3.05) is 31.8 Å². The first-order valence-electron chi connectivity index (χ1n) is 11.5. The molecule has 1 aromatic carbocycles. The number of aromatic nitrogens is 4. The molecule has 1 unspecified atom stereocenters. The lowest BCUT2D eigenvalue weighted by Crippen LogP contribution is -2.28. The van der Waals surface area contributed by atoms with Crippen LogP contribution in [0.1, 0.15) is 44.2 Å². The molecular formula is C23H35N7O3S. The molecule has 3 rings (SSSR count). The number of fused-ring (bicyclic) bond motifs is 1. The molecule has 0 saturated carbocycles. The van der Waals surface area contributed by atoms with Crippen LogP contribution in [-0.2, 0) is 27.7 Å². The van der Waals surface area contributed by atoms with Crippen molar-refractivity contribution in [3.63, 3.8) is 0 Å². The van der Waals surface area contributed by atoms with Gasteiger partial charge in [-0.25, -0.2) is 18.8 Å². The number of hydrogen-bond donors (Lipinski definition) is 2. The van der Waals surface area contributed by atoms with Gasteiger partial charge in [0.2, 0.25) is 5.16 Å². The minimum Gasteiger partial charge on any atom is -0.382 e. The predicted molar refractivity (Wildman–Crippen MR) is 134 cm³/mol. The van der Waals surface area contributed by atoms with Crippen LogP contribution in [0.4, 0.5) is 5.82 Å². The lowest BCUT2D eigenvalue weighted by molar-refractivity contribution is 0.00368. The van der Waals surface area contributed by atoms with Gasteiger partial charge in [0.25, 0.3) is 0 Å². The molecule has 3 aromatic rings. The van der Waals surface area contributed by atoms with Crippen LogP contribution in [0.3, 0.4) is 0 Å². The smallest absolute Gasteiger partial charge is 0.332 e. The molecule has 1 atom stereocenters. The standard InChI is InChI=1S/C23H35N7O3S/c1-5-7-12-28(4)15-33-16-30-19-20(24)26-22(34(25,32)13-6-2)27-21(19)29(23(30)31)14-18-10-8-17(3)9-11-18/h8-11,25H,5-7,12-16H2,1-4H3,(H2,24,26,27). The van der Waals surface area contributed by atoms with Gasteiger partial charge in [-0.1, -0.05) is 50.1 Å². The van der Waals surface area contributed by atoms with E-state index in [-0.39, 0.29) is 41.3 Å². The van der Waals surface area contributed by atoms with Gasteiger partial charge in [0.15, 0.2) is 11.5 Å². The molecule has 0 saturated heterocycles. The van der Waals surface area contributed by atoms with Crippen LogP contribution in [-0.4, -0.2) is 54.3 Å². The third-order valence-corrected chi connectivity index (χ3v) is 7.29. The van der Waals surface area contributed by atoms with E-state index in [4.69, 9.17) is 15.3 Å². The molecule has 3 N–H and O–H groups in total. The van der Waals surface area contributed by atoms with E-state index in [2.05, 4.69) is 16.9 Å². The van der Waals surface area contributed by atoms with Crippen molar-refractivity contribution in [1.29, 1.82) is 4.78 Å². The van der Waals surface area contributed by atoms with Crippen LogP contribution in [0, 0.1) is 11.7 Å². The van der Waals surface area contributed by atoms with E-state index in [9.17, 15) is 9.00 Å². The lowest BCUT2D eigenvalue weighted by atomic mass is 10.1. The Morgan fingerprint density at radius 3 is 2.50 bits per heavy atom. The molecule has 0 aliphatic rings. The van der Waals surface area contributed by atoms with Crippen LogP contribution < -0.4 is 11.4 Å². The van der Waals surface area contributed by atoms with Crippen molar-refractivity contribution in [3.8, 4) is 0 Å². The number of imidazole rings is 1. The fraction of sp³-hybridized carbons (Fsp3) is 0.522. The Balaban J connectivity index is 2.06. The zero-order valence-electron chi connectivity index (χ0n) is 20.4. The van der Waals surface area contributed by atoms with Crippen molar-refractivity contribution in [3.05, 3.63) is 45.9 Å². The molecule has 10 nitrogen and oxygen atoms in total. The molecule has 0 spiro atoms. The highest BCUT2D eigenvalue weighted by Gasteiger charge is 2.23. The van der Waals surface area contributed by atoms with Crippen molar-refractivity contribution in [1.82, 2.24) is 24.0 Å². The molecule has 0 bridgehead atoms. The molecule has 2 heterocycles. The molecule has 2 aromatic heterocycles. The highest BCUT2D eigenvalue weighted by atomic mass is 32.2. The van der Waals surface area contributed by atoms with E-state index in [0.717, 1.165) is 30.5 Å². The topological polar surface area (TPSA) is 132 Å². The van der Waals surface area contributed by atoms with E-state index in [0.29, 0.717) is 18.7 Å². The van der Waals surface area contributed by atoms with Gasteiger partial charge in [-0.15, -0.1) is 0 Å². The number of ether oxygens (including phenoxy) is 1. The van der Waals surface area contributed by atoms with Gasteiger partial charge in [-0.2, -0.15) is 4.98 Å². The zero-order valence-corrected chi connectivity index (χ0v) is 21.2. The number of unbranched alkanes of at least 4 members (excludes halogenated alkanes) is 1. The summed E-state index contributed by atoms with van der Waals surface area (Å²) < 4.78 is 29.8. The van der Waals surface area contributed by atoms with Crippen LogP contribution >= 0.6 is 0 Å². The van der Waals surface area contributed by atoms with Crippen molar-refractivity contribution < 1.29 is 8.95 Å². The summed E-state index contributed by atoms with van der Waals surface area (Å²) in [5, 5.41) is -0.144. The van der Waals surface area contributed by atoms with E-state index in [1.165, 1.54) is 9.13 Å². The Morgan fingerprint density at radius 2 is 1.85 bits per heavy atom. The number of nitrogens with zero attached hydrogens (tertiary/aromatic N) is 5. The number of rotatable bonds is 12. The summed E-state index contributed by atoms with van der Waals surface area (Å²) in [7, 11) is -1.27. The molecule has 0 radical (unpaired) electrons. The molecular weight excluding hydrogens is 454 g/mol.